The van der Waals surface area contributed by atoms with Gasteiger partial charge < -0.3 is 15.0 Å². The summed E-state index contributed by atoms with van der Waals surface area (Å²) in [7, 11) is 0. The van der Waals surface area contributed by atoms with E-state index in [2.05, 4.69) is 10.2 Å². The van der Waals surface area contributed by atoms with Crippen molar-refractivity contribution in [3.63, 3.8) is 0 Å². The number of carbonyl (C=O) groups excluding carboxylic acids is 1. The second kappa shape index (κ2) is 7.62. The Bertz CT molecular complexity index is 761. The Hall–Kier alpha value is -1.46. The van der Waals surface area contributed by atoms with Gasteiger partial charge in [-0.25, -0.2) is 0 Å². The van der Waals surface area contributed by atoms with Gasteiger partial charge in [-0.05, 0) is 30.3 Å². The summed E-state index contributed by atoms with van der Waals surface area (Å²) in [6.45, 7) is 2.70. The number of nitrogens with zero attached hydrogens (tertiary/aromatic N) is 1. The number of rotatable bonds is 3. The van der Waals surface area contributed by atoms with Crippen LogP contribution in [0.25, 0.3) is 0 Å². The van der Waals surface area contributed by atoms with Gasteiger partial charge in [0.25, 0.3) is 5.91 Å². The minimum absolute atomic E-state index is 0.273. The Morgan fingerprint density at radius 3 is 2.46 bits per heavy atom. The summed E-state index contributed by atoms with van der Waals surface area (Å²) in [6, 6.07) is 10.2. The van der Waals surface area contributed by atoms with E-state index in [-0.39, 0.29) is 5.91 Å². The molecule has 2 aromatic rings. The van der Waals surface area contributed by atoms with Gasteiger partial charge in [0.1, 0.15) is 0 Å². The molecule has 3 rings (SSSR count). The SMILES string of the molecule is O=C(Nc1cccc(Cl)c1N1CCOCC1)c1ccc(Cl)c(Cl)c1. The van der Waals surface area contributed by atoms with Crippen molar-refractivity contribution in [3.8, 4) is 0 Å². The quantitative estimate of drug-likeness (QED) is 0.830. The van der Waals surface area contributed by atoms with E-state index in [4.69, 9.17) is 39.5 Å². The highest BCUT2D eigenvalue weighted by molar-refractivity contribution is 6.42. The van der Waals surface area contributed by atoms with Crippen LogP contribution in [0.1, 0.15) is 10.4 Å². The molecule has 24 heavy (non-hydrogen) atoms. The number of nitrogens with one attached hydrogen (secondary N) is 1. The lowest BCUT2D eigenvalue weighted by Crippen LogP contribution is -2.37. The Morgan fingerprint density at radius 2 is 1.75 bits per heavy atom. The first-order chi connectivity index (χ1) is 11.6. The predicted molar refractivity (Wildman–Crippen MR) is 98.9 cm³/mol. The number of benzene rings is 2. The molecule has 0 atom stereocenters. The minimum Gasteiger partial charge on any atom is -0.378 e. The fourth-order valence-corrected chi connectivity index (χ4v) is 3.15. The molecule has 0 aliphatic carbocycles. The highest BCUT2D eigenvalue weighted by Gasteiger charge is 2.19. The van der Waals surface area contributed by atoms with Gasteiger partial charge >= 0.3 is 0 Å². The fourth-order valence-electron chi connectivity index (χ4n) is 2.56. The van der Waals surface area contributed by atoms with Gasteiger partial charge in [0, 0.05) is 18.7 Å². The third-order valence-corrected chi connectivity index (χ3v) is 4.79. The topological polar surface area (TPSA) is 41.6 Å². The van der Waals surface area contributed by atoms with E-state index in [0.717, 1.165) is 18.8 Å². The second-order valence-corrected chi connectivity index (χ2v) is 6.54. The molecule has 0 bridgehead atoms. The van der Waals surface area contributed by atoms with Crippen molar-refractivity contribution in [2.75, 3.05) is 36.5 Å². The van der Waals surface area contributed by atoms with Crippen molar-refractivity contribution in [3.05, 3.63) is 57.0 Å². The van der Waals surface area contributed by atoms with Gasteiger partial charge in [0.15, 0.2) is 0 Å². The van der Waals surface area contributed by atoms with Crippen molar-refractivity contribution in [1.29, 1.82) is 0 Å². The van der Waals surface area contributed by atoms with Gasteiger partial charge in [0.05, 0.1) is 39.7 Å². The smallest absolute Gasteiger partial charge is 0.255 e. The van der Waals surface area contributed by atoms with E-state index >= 15 is 0 Å². The maximum Gasteiger partial charge on any atom is 0.255 e. The van der Waals surface area contributed by atoms with Crippen LogP contribution in [0.15, 0.2) is 36.4 Å². The first-order valence-electron chi connectivity index (χ1n) is 7.44. The maximum absolute atomic E-state index is 12.5. The largest absolute Gasteiger partial charge is 0.378 e. The zero-order chi connectivity index (χ0) is 17.1. The van der Waals surface area contributed by atoms with E-state index in [0.29, 0.717) is 39.5 Å². The van der Waals surface area contributed by atoms with Crippen molar-refractivity contribution >= 4 is 52.1 Å². The van der Waals surface area contributed by atoms with Crippen molar-refractivity contribution < 1.29 is 9.53 Å². The average Bonchev–Trinajstić information content (AvgIpc) is 2.58. The van der Waals surface area contributed by atoms with E-state index in [1.165, 1.54) is 6.07 Å². The molecule has 0 saturated carbocycles. The van der Waals surface area contributed by atoms with Crippen LogP contribution in [-0.4, -0.2) is 32.2 Å². The molecule has 126 valence electrons. The molecule has 1 fully saturated rings. The number of halogens is 3. The van der Waals surface area contributed by atoms with Crippen LogP contribution >= 0.6 is 34.8 Å². The number of morpholine rings is 1. The lowest BCUT2D eigenvalue weighted by molar-refractivity contribution is 0.102. The molecular weight excluding hydrogens is 371 g/mol. The maximum atomic E-state index is 12.5. The van der Waals surface area contributed by atoms with E-state index in [9.17, 15) is 4.79 Å². The number of amides is 1. The summed E-state index contributed by atoms with van der Waals surface area (Å²) in [6.07, 6.45) is 0. The van der Waals surface area contributed by atoms with E-state index in [1.54, 1.807) is 24.3 Å². The van der Waals surface area contributed by atoms with Crippen LogP contribution in [-0.2, 0) is 4.74 Å². The van der Waals surface area contributed by atoms with Crippen LogP contribution in [0.2, 0.25) is 15.1 Å². The highest BCUT2D eigenvalue weighted by Crippen LogP contribution is 2.35. The molecule has 1 aliphatic rings. The summed E-state index contributed by atoms with van der Waals surface area (Å²) in [4.78, 5) is 14.6. The molecule has 0 radical (unpaired) electrons. The molecule has 7 heteroatoms. The molecule has 1 amide bonds. The van der Waals surface area contributed by atoms with Crippen LogP contribution in [0.4, 0.5) is 11.4 Å². The highest BCUT2D eigenvalue weighted by atomic mass is 35.5. The third kappa shape index (κ3) is 3.78. The molecule has 1 saturated heterocycles. The van der Waals surface area contributed by atoms with E-state index in [1.807, 2.05) is 6.07 Å². The fraction of sp³-hybridized carbons (Fsp3) is 0.235. The van der Waals surface area contributed by atoms with Gasteiger partial charge in [0.2, 0.25) is 0 Å². The normalized spacial score (nSPS) is 14.5. The zero-order valence-corrected chi connectivity index (χ0v) is 15.0. The lowest BCUT2D eigenvalue weighted by atomic mass is 10.2. The average molecular weight is 386 g/mol. The number of ether oxygens (including phenoxy) is 1. The molecular formula is C17H15Cl3N2O2. The van der Waals surface area contributed by atoms with Gasteiger partial charge in [-0.1, -0.05) is 40.9 Å². The monoisotopic (exact) mass is 384 g/mol. The Balaban J connectivity index is 1.87. The second-order valence-electron chi connectivity index (χ2n) is 5.32. The molecule has 0 spiro atoms. The van der Waals surface area contributed by atoms with Crippen molar-refractivity contribution in [2.45, 2.75) is 0 Å². The predicted octanol–water partition coefficient (Wildman–Crippen LogP) is 4.74. The Morgan fingerprint density at radius 1 is 1.00 bits per heavy atom. The lowest BCUT2D eigenvalue weighted by Gasteiger charge is -2.31. The number of anilines is 2. The number of para-hydroxylation sites is 1. The van der Waals surface area contributed by atoms with Gasteiger partial charge in [-0.3, -0.25) is 4.79 Å². The summed E-state index contributed by atoms with van der Waals surface area (Å²) in [5.74, 6) is -0.273. The summed E-state index contributed by atoms with van der Waals surface area (Å²) in [5, 5.41) is 4.24. The van der Waals surface area contributed by atoms with Crippen LogP contribution < -0.4 is 10.2 Å². The standard InChI is InChI=1S/C17H15Cl3N2O2/c18-12-5-4-11(10-14(12)20)17(23)21-15-3-1-2-13(19)16(15)22-6-8-24-9-7-22/h1-5,10H,6-9H2,(H,21,23). The van der Waals surface area contributed by atoms with Crippen molar-refractivity contribution in [1.82, 2.24) is 0 Å². The van der Waals surface area contributed by atoms with Crippen LogP contribution in [0.3, 0.4) is 0 Å². The molecule has 1 heterocycles. The molecule has 1 aliphatic heterocycles. The van der Waals surface area contributed by atoms with Crippen molar-refractivity contribution in [2.24, 2.45) is 0 Å². The van der Waals surface area contributed by atoms with Gasteiger partial charge in [-0.15, -0.1) is 0 Å². The minimum atomic E-state index is -0.273. The van der Waals surface area contributed by atoms with E-state index < -0.39 is 0 Å². The number of hydrogen-bond acceptors (Lipinski definition) is 3. The summed E-state index contributed by atoms with van der Waals surface area (Å²) < 4.78 is 5.38. The summed E-state index contributed by atoms with van der Waals surface area (Å²) in [5.41, 5.74) is 1.88. The first-order valence-corrected chi connectivity index (χ1v) is 8.57. The summed E-state index contributed by atoms with van der Waals surface area (Å²) >= 11 is 18.2. The van der Waals surface area contributed by atoms with Crippen LogP contribution in [0.5, 0.6) is 0 Å². The number of hydrogen-bond donors (Lipinski definition) is 1. The van der Waals surface area contributed by atoms with Gasteiger partial charge in [-0.2, -0.15) is 0 Å². The van der Waals surface area contributed by atoms with Crippen LogP contribution in [0, 0.1) is 0 Å². The molecule has 0 aromatic heterocycles. The first kappa shape index (κ1) is 17.4. The molecule has 4 nitrogen and oxygen atoms in total. The molecule has 0 unspecified atom stereocenters. The molecule has 2 aromatic carbocycles. The number of carbonyl (C=O) groups is 1. The zero-order valence-electron chi connectivity index (χ0n) is 12.7. The third-order valence-electron chi connectivity index (χ3n) is 3.74. The molecule has 1 N–H and O–H groups in total. The Labute approximate surface area is 155 Å². The Kier molecular flexibility index (Phi) is 5.51.